The average Bonchev–Trinajstić information content (AvgIpc) is 2.51. The maximum atomic E-state index is 12.6. The molecule has 1 amide bonds. The van der Waals surface area contributed by atoms with E-state index >= 15 is 0 Å². The Bertz CT molecular complexity index is 496. The van der Waals surface area contributed by atoms with Gasteiger partial charge in [-0.3, -0.25) is 9.59 Å². The lowest BCUT2D eigenvalue weighted by molar-refractivity contribution is -0.122. The van der Waals surface area contributed by atoms with Crippen LogP contribution < -0.4 is 5.32 Å². The molecule has 1 saturated heterocycles. The van der Waals surface area contributed by atoms with Gasteiger partial charge in [0.15, 0.2) is 5.78 Å². The standard InChI is InChI=1S/C18H25NO2/c1-2-3-4-5-9-14-10-6-7-11-15(14)18(21)16-12-8-13-17(20)19-16/h6-7,10-11,16H,2-5,8-9,12-13H2,1H3,(H,19,20). The number of hydrogen-bond donors (Lipinski definition) is 1. The molecule has 2 rings (SSSR count). The third kappa shape index (κ3) is 4.42. The summed E-state index contributed by atoms with van der Waals surface area (Å²) in [5, 5.41) is 2.83. The van der Waals surface area contributed by atoms with Crippen LogP contribution in [0.4, 0.5) is 0 Å². The number of carbonyl (C=O) groups excluding carboxylic acids is 2. The van der Waals surface area contributed by atoms with E-state index in [2.05, 4.69) is 12.2 Å². The molecule has 21 heavy (non-hydrogen) atoms. The topological polar surface area (TPSA) is 46.2 Å². The van der Waals surface area contributed by atoms with Gasteiger partial charge in [0, 0.05) is 12.0 Å². The number of unbranched alkanes of at least 4 members (excludes halogenated alkanes) is 3. The Labute approximate surface area is 127 Å². The van der Waals surface area contributed by atoms with Crippen molar-refractivity contribution in [3.63, 3.8) is 0 Å². The van der Waals surface area contributed by atoms with Crippen LogP contribution in [0.5, 0.6) is 0 Å². The minimum atomic E-state index is -0.331. The summed E-state index contributed by atoms with van der Waals surface area (Å²) in [6.45, 7) is 2.20. The molecule has 1 aromatic rings. The zero-order valence-electron chi connectivity index (χ0n) is 12.9. The van der Waals surface area contributed by atoms with Crippen molar-refractivity contribution in [3.05, 3.63) is 35.4 Å². The van der Waals surface area contributed by atoms with Crippen LogP contribution in [0.15, 0.2) is 24.3 Å². The number of piperidine rings is 1. The highest BCUT2D eigenvalue weighted by atomic mass is 16.2. The first-order valence-electron chi connectivity index (χ1n) is 8.14. The molecule has 3 heteroatoms. The summed E-state index contributed by atoms with van der Waals surface area (Å²) in [5.41, 5.74) is 1.92. The molecule has 1 heterocycles. The molecule has 0 saturated carbocycles. The molecule has 1 aliphatic rings. The summed E-state index contributed by atoms with van der Waals surface area (Å²) in [4.78, 5) is 24.1. The van der Waals surface area contributed by atoms with Crippen molar-refractivity contribution >= 4 is 11.7 Å². The highest BCUT2D eigenvalue weighted by molar-refractivity contribution is 6.03. The summed E-state index contributed by atoms with van der Waals surface area (Å²) >= 11 is 0. The molecule has 1 aromatic carbocycles. The molecule has 0 spiro atoms. The highest BCUT2D eigenvalue weighted by Crippen LogP contribution is 2.19. The van der Waals surface area contributed by atoms with E-state index in [4.69, 9.17) is 0 Å². The molecule has 0 aromatic heterocycles. The second kappa shape index (κ2) is 7.96. The summed E-state index contributed by atoms with van der Waals surface area (Å²) in [7, 11) is 0. The molecular formula is C18H25NO2. The third-order valence-corrected chi connectivity index (χ3v) is 4.13. The van der Waals surface area contributed by atoms with Gasteiger partial charge in [0.25, 0.3) is 0 Å². The fourth-order valence-electron chi connectivity index (χ4n) is 2.91. The van der Waals surface area contributed by atoms with E-state index in [-0.39, 0.29) is 17.7 Å². The van der Waals surface area contributed by atoms with Crippen LogP contribution in [0.25, 0.3) is 0 Å². The number of ketones is 1. The predicted molar refractivity (Wildman–Crippen MR) is 84.4 cm³/mol. The van der Waals surface area contributed by atoms with E-state index in [9.17, 15) is 9.59 Å². The molecule has 1 atom stereocenters. The first-order chi connectivity index (χ1) is 10.2. The number of rotatable bonds is 7. The Balaban J connectivity index is 2.04. The van der Waals surface area contributed by atoms with Crippen LogP contribution in [0.2, 0.25) is 0 Å². The van der Waals surface area contributed by atoms with Crippen molar-refractivity contribution in [3.8, 4) is 0 Å². The lowest BCUT2D eigenvalue weighted by Gasteiger charge is -2.23. The van der Waals surface area contributed by atoms with Crippen molar-refractivity contribution in [2.24, 2.45) is 0 Å². The van der Waals surface area contributed by atoms with E-state index in [1.807, 2.05) is 24.3 Å². The van der Waals surface area contributed by atoms with Crippen molar-refractivity contribution in [1.82, 2.24) is 5.32 Å². The smallest absolute Gasteiger partial charge is 0.220 e. The Hall–Kier alpha value is -1.64. The number of nitrogens with one attached hydrogen (secondary N) is 1. The van der Waals surface area contributed by atoms with Gasteiger partial charge in [0.05, 0.1) is 6.04 Å². The fourth-order valence-corrected chi connectivity index (χ4v) is 2.91. The minimum absolute atomic E-state index is 0.0000249. The van der Waals surface area contributed by atoms with Crippen molar-refractivity contribution in [1.29, 1.82) is 0 Å². The SMILES string of the molecule is CCCCCCc1ccccc1C(=O)C1CCCC(=O)N1. The maximum absolute atomic E-state index is 12.6. The first kappa shape index (κ1) is 15.7. The number of amides is 1. The minimum Gasteiger partial charge on any atom is -0.346 e. The quantitative estimate of drug-likeness (QED) is 0.614. The Morgan fingerprint density at radius 3 is 2.81 bits per heavy atom. The van der Waals surface area contributed by atoms with Crippen molar-refractivity contribution < 1.29 is 9.59 Å². The van der Waals surface area contributed by atoms with Crippen LogP contribution in [0.3, 0.4) is 0 Å². The third-order valence-electron chi connectivity index (χ3n) is 4.13. The van der Waals surface area contributed by atoms with Gasteiger partial charge in [-0.25, -0.2) is 0 Å². The first-order valence-corrected chi connectivity index (χ1v) is 8.14. The van der Waals surface area contributed by atoms with Crippen LogP contribution in [-0.2, 0) is 11.2 Å². The zero-order valence-corrected chi connectivity index (χ0v) is 12.9. The van der Waals surface area contributed by atoms with Gasteiger partial charge in [-0.05, 0) is 31.2 Å². The van der Waals surface area contributed by atoms with Crippen LogP contribution >= 0.6 is 0 Å². The second-order valence-electron chi connectivity index (χ2n) is 5.84. The van der Waals surface area contributed by atoms with Gasteiger partial charge < -0.3 is 5.32 Å². The van der Waals surface area contributed by atoms with E-state index in [1.54, 1.807) is 0 Å². The molecule has 0 bridgehead atoms. The molecule has 1 fully saturated rings. The maximum Gasteiger partial charge on any atom is 0.220 e. The highest BCUT2D eigenvalue weighted by Gasteiger charge is 2.26. The number of carbonyl (C=O) groups is 2. The van der Waals surface area contributed by atoms with E-state index in [1.165, 1.54) is 19.3 Å². The molecule has 1 N–H and O–H groups in total. The lowest BCUT2D eigenvalue weighted by Crippen LogP contribution is -2.44. The number of aryl methyl sites for hydroxylation is 1. The Kier molecular flexibility index (Phi) is 5.97. The van der Waals surface area contributed by atoms with Gasteiger partial charge in [-0.15, -0.1) is 0 Å². The van der Waals surface area contributed by atoms with Gasteiger partial charge in [0.2, 0.25) is 5.91 Å². The molecule has 0 radical (unpaired) electrons. The van der Waals surface area contributed by atoms with Gasteiger partial charge in [0.1, 0.15) is 0 Å². The van der Waals surface area contributed by atoms with E-state index in [0.29, 0.717) is 6.42 Å². The Morgan fingerprint density at radius 2 is 2.05 bits per heavy atom. The van der Waals surface area contributed by atoms with Crippen molar-refractivity contribution in [2.45, 2.75) is 64.3 Å². The van der Waals surface area contributed by atoms with Crippen LogP contribution in [0.1, 0.15) is 67.8 Å². The van der Waals surface area contributed by atoms with Crippen molar-refractivity contribution in [2.75, 3.05) is 0 Å². The molecule has 1 unspecified atom stereocenters. The lowest BCUT2D eigenvalue weighted by atomic mass is 9.91. The number of benzene rings is 1. The molecule has 3 nitrogen and oxygen atoms in total. The number of Topliss-reactive ketones (excluding diaryl/α,β-unsaturated/α-hetero) is 1. The molecular weight excluding hydrogens is 262 g/mol. The fraction of sp³-hybridized carbons (Fsp3) is 0.556. The van der Waals surface area contributed by atoms with Gasteiger partial charge in [-0.2, -0.15) is 0 Å². The van der Waals surface area contributed by atoms with Gasteiger partial charge >= 0.3 is 0 Å². The van der Waals surface area contributed by atoms with E-state index in [0.717, 1.165) is 36.8 Å². The molecule has 114 valence electrons. The zero-order chi connectivity index (χ0) is 15.1. The normalized spacial score (nSPS) is 18.3. The van der Waals surface area contributed by atoms with E-state index < -0.39 is 0 Å². The number of hydrogen-bond acceptors (Lipinski definition) is 2. The Morgan fingerprint density at radius 1 is 1.24 bits per heavy atom. The summed E-state index contributed by atoms with van der Waals surface area (Å²) < 4.78 is 0. The van der Waals surface area contributed by atoms with Gasteiger partial charge in [-0.1, -0.05) is 50.5 Å². The second-order valence-corrected chi connectivity index (χ2v) is 5.84. The molecule has 1 aliphatic heterocycles. The largest absolute Gasteiger partial charge is 0.346 e. The monoisotopic (exact) mass is 287 g/mol. The average molecular weight is 287 g/mol. The summed E-state index contributed by atoms with van der Waals surface area (Å²) in [6.07, 6.45) is 7.85. The summed E-state index contributed by atoms with van der Waals surface area (Å²) in [6, 6.07) is 7.52. The van der Waals surface area contributed by atoms with Crippen LogP contribution in [-0.4, -0.2) is 17.7 Å². The predicted octanol–water partition coefficient (Wildman–Crippen LogP) is 3.66. The summed E-state index contributed by atoms with van der Waals surface area (Å²) in [5.74, 6) is 0.0779. The van der Waals surface area contributed by atoms with Crippen LogP contribution in [0, 0.1) is 0 Å². The molecule has 0 aliphatic carbocycles.